The molecule has 0 aliphatic heterocycles. The number of hydrogen-bond donors (Lipinski definition) is 1. The molecule has 1 N–H and O–H groups in total. The van der Waals surface area contributed by atoms with E-state index in [9.17, 15) is 8.78 Å². The lowest BCUT2D eigenvalue weighted by Gasteiger charge is -2.11. The number of ether oxygens (including phenoxy) is 1. The first-order valence-corrected chi connectivity index (χ1v) is 6.88. The number of benzene rings is 1. The zero-order valence-electron chi connectivity index (χ0n) is 11.9. The van der Waals surface area contributed by atoms with Crippen LogP contribution in [-0.2, 0) is 0 Å². The van der Waals surface area contributed by atoms with E-state index < -0.39 is 6.61 Å². The van der Waals surface area contributed by atoms with Crippen LogP contribution in [0.2, 0.25) is 5.02 Å². The van der Waals surface area contributed by atoms with Gasteiger partial charge in [0, 0.05) is 17.1 Å². The first kappa shape index (κ1) is 16.9. The summed E-state index contributed by atoms with van der Waals surface area (Å²) in [7, 11) is 0. The largest absolute Gasteiger partial charge is 0.434 e. The lowest BCUT2D eigenvalue weighted by Crippen LogP contribution is -2.21. The highest BCUT2D eigenvalue weighted by Gasteiger charge is 2.09. The molecule has 112 valence electrons. The molecule has 20 heavy (non-hydrogen) atoms. The van der Waals surface area contributed by atoms with Crippen LogP contribution in [0.25, 0.3) is 6.08 Å². The van der Waals surface area contributed by atoms with Crippen molar-refractivity contribution in [3.05, 3.63) is 34.4 Å². The monoisotopic (exact) mass is 303 g/mol. The van der Waals surface area contributed by atoms with Crippen LogP contribution < -0.4 is 10.1 Å². The Bertz CT molecular complexity index is 461. The van der Waals surface area contributed by atoms with Crippen LogP contribution in [0.3, 0.4) is 0 Å². The maximum absolute atomic E-state index is 12.3. The van der Waals surface area contributed by atoms with Crippen molar-refractivity contribution in [1.82, 2.24) is 5.32 Å². The Morgan fingerprint density at radius 1 is 1.40 bits per heavy atom. The third-order valence-electron chi connectivity index (χ3n) is 2.55. The summed E-state index contributed by atoms with van der Waals surface area (Å²) in [5.74, 6) is 0.694. The van der Waals surface area contributed by atoms with Gasteiger partial charge in [0.25, 0.3) is 0 Å². The average molecular weight is 304 g/mol. The van der Waals surface area contributed by atoms with Gasteiger partial charge in [-0.2, -0.15) is 8.78 Å². The number of nitrogens with one attached hydrogen (secondary N) is 1. The molecular weight excluding hydrogens is 284 g/mol. The second kappa shape index (κ2) is 8.22. The molecule has 0 fully saturated rings. The molecule has 0 spiro atoms. The van der Waals surface area contributed by atoms with Crippen molar-refractivity contribution in [3.8, 4) is 5.75 Å². The highest BCUT2D eigenvalue weighted by molar-refractivity contribution is 6.30. The Kier molecular flexibility index (Phi) is 6.96. The van der Waals surface area contributed by atoms with Gasteiger partial charge in [0.2, 0.25) is 0 Å². The van der Waals surface area contributed by atoms with Gasteiger partial charge in [-0.25, -0.2) is 0 Å². The van der Waals surface area contributed by atoms with Crippen LogP contribution in [0.1, 0.15) is 26.3 Å². The third-order valence-corrected chi connectivity index (χ3v) is 2.78. The molecule has 0 aliphatic rings. The van der Waals surface area contributed by atoms with Crippen LogP contribution in [0.4, 0.5) is 8.78 Å². The molecule has 5 heteroatoms. The topological polar surface area (TPSA) is 21.3 Å². The molecule has 0 aromatic heterocycles. The smallest absolute Gasteiger partial charge is 0.387 e. The number of alkyl halides is 2. The molecule has 0 aliphatic carbocycles. The number of rotatable bonds is 7. The van der Waals surface area contributed by atoms with Crippen LogP contribution >= 0.6 is 11.6 Å². The summed E-state index contributed by atoms with van der Waals surface area (Å²) in [5.41, 5.74) is 1.58. The fraction of sp³-hybridized carbons (Fsp3) is 0.467. The number of halogens is 3. The van der Waals surface area contributed by atoms with Crippen LogP contribution in [0, 0.1) is 5.92 Å². The van der Waals surface area contributed by atoms with Gasteiger partial charge in [-0.3, -0.25) is 0 Å². The van der Waals surface area contributed by atoms with E-state index in [-0.39, 0.29) is 5.75 Å². The van der Waals surface area contributed by atoms with E-state index in [0.29, 0.717) is 23.0 Å². The van der Waals surface area contributed by atoms with E-state index in [2.05, 4.69) is 23.9 Å². The van der Waals surface area contributed by atoms with Crippen LogP contribution in [0.5, 0.6) is 5.75 Å². The lowest BCUT2D eigenvalue weighted by molar-refractivity contribution is -0.0499. The van der Waals surface area contributed by atoms with Crippen molar-refractivity contribution in [2.75, 3.05) is 13.1 Å². The molecule has 0 bridgehead atoms. The summed E-state index contributed by atoms with van der Waals surface area (Å²) in [6.45, 7) is 4.93. The Hall–Kier alpha value is -1.13. The molecule has 0 atom stereocenters. The lowest BCUT2D eigenvalue weighted by atomic mass is 10.1. The Morgan fingerprint density at radius 2 is 2.10 bits per heavy atom. The van der Waals surface area contributed by atoms with Gasteiger partial charge in [-0.05, 0) is 37.6 Å². The van der Waals surface area contributed by atoms with E-state index in [4.69, 9.17) is 11.6 Å². The zero-order chi connectivity index (χ0) is 15.1. The molecule has 0 saturated heterocycles. The van der Waals surface area contributed by atoms with Gasteiger partial charge >= 0.3 is 6.61 Å². The van der Waals surface area contributed by atoms with E-state index in [1.165, 1.54) is 12.1 Å². The predicted octanol–water partition coefficient (Wildman–Crippen LogP) is 4.59. The molecule has 0 saturated carbocycles. The molecule has 1 rings (SSSR count). The van der Waals surface area contributed by atoms with Crippen molar-refractivity contribution in [2.45, 2.75) is 27.4 Å². The van der Waals surface area contributed by atoms with Crippen molar-refractivity contribution in [1.29, 1.82) is 0 Å². The zero-order valence-corrected chi connectivity index (χ0v) is 12.7. The average Bonchev–Trinajstić information content (AvgIpc) is 2.31. The SMILES string of the molecule is CC(=Cc1cc(Cl)ccc1OC(F)F)CNCC(C)C. The maximum Gasteiger partial charge on any atom is 0.387 e. The van der Waals surface area contributed by atoms with Crippen LogP contribution in [0.15, 0.2) is 23.8 Å². The summed E-state index contributed by atoms with van der Waals surface area (Å²) in [4.78, 5) is 0. The Labute approximate surface area is 123 Å². The highest BCUT2D eigenvalue weighted by atomic mass is 35.5. The Balaban J connectivity index is 2.80. The first-order valence-electron chi connectivity index (χ1n) is 6.50. The fourth-order valence-corrected chi connectivity index (χ4v) is 1.89. The first-order chi connectivity index (χ1) is 9.38. The van der Waals surface area contributed by atoms with Gasteiger partial charge in [0.1, 0.15) is 5.75 Å². The second-order valence-corrected chi connectivity index (χ2v) is 5.51. The third kappa shape index (κ3) is 6.35. The van der Waals surface area contributed by atoms with Crippen molar-refractivity contribution < 1.29 is 13.5 Å². The summed E-state index contributed by atoms with van der Waals surface area (Å²) < 4.78 is 29.2. The quantitative estimate of drug-likeness (QED) is 0.795. The highest BCUT2D eigenvalue weighted by Crippen LogP contribution is 2.26. The standard InChI is InChI=1S/C15H20ClF2NO/c1-10(2)8-19-9-11(3)6-12-7-13(16)4-5-14(12)20-15(17)18/h4-7,10,15,19H,8-9H2,1-3H3. The Morgan fingerprint density at radius 3 is 2.70 bits per heavy atom. The molecule has 0 amide bonds. The van der Waals surface area contributed by atoms with Crippen molar-refractivity contribution in [3.63, 3.8) is 0 Å². The predicted molar refractivity (Wildman–Crippen MR) is 79.4 cm³/mol. The molecular formula is C15H20ClF2NO. The minimum absolute atomic E-state index is 0.132. The molecule has 0 heterocycles. The normalized spacial score (nSPS) is 12.3. The van der Waals surface area contributed by atoms with E-state index in [0.717, 1.165) is 12.1 Å². The minimum Gasteiger partial charge on any atom is -0.434 e. The van der Waals surface area contributed by atoms with Crippen LogP contribution in [-0.4, -0.2) is 19.7 Å². The molecule has 0 radical (unpaired) electrons. The van der Waals surface area contributed by atoms with E-state index in [1.807, 2.05) is 6.92 Å². The summed E-state index contributed by atoms with van der Waals surface area (Å²) >= 11 is 5.89. The summed E-state index contributed by atoms with van der Waals surface area (Å²) in [6, 6.07) is 4.60. The van der Waals surface area contributed by atoms with Gasteiger partial charge in [0.05, 0.1) is 0 Å². The van der Waals surface area contributed by atoms with Gasteiger partial charge in [-0.1, -0.05) is 37.1 Å². The van der Waals surface area contributed by atoms with Crippen molar-refractivity contribution in [2.24, 2.45) is 5.92 Å². The molecule has 0 unspecified atom stereocenters. The fourth-order valence-electron chi connectivity index (χ4n) is 1.71. The molecule has 1 aromatic carbocycles. The van der Waals surface area contributed by atoms with E-state index in [1.54, 1.807) is 12.1 Å². The van der Waals surface area contributed by atoms with E-state index >= 15 is 0 Å². The summed E-state index contributed by atoms with van der Waals surface area (Å²) in [5, 5.41) is 3.78. The number of hydrogen-bond acceptors (Lipinski definition) is 2. The maximum atomic E-state index is 12.3. The molecule has 1 aromatic rings. The second-order valence-electron chi connectivity index (χ2n) is 5.08. The summed E-state index contributed by atoms with van der Waals surface area (Å²) in [6.07, 6.45) is 1.80. The van der Waals surface area contributed by atoms with Gasteiger partial charge < -0.3 is 10.1 Å². The molecule has 2 nitrogen and oxygen atoms in total. The van der Waals surface area contributed by atoms with Crippen molar-refractivity contribution >= 4 is 17.7 Å². The van der Waals surface area contributed by atoms with Gasteiger partial charge in [0.15, 0.2) is 0 Å². The minimum atomic E-state index is -2.84. The van der Waals surface area contributed by atoms with Gasteiger partial charge in [-0.15, -0.1) is 0 Å².